The van der Waals surface area contributed by atoms with Gasteiger partial charge in [0.2, 0.25) is 0 Å². The van der Waals surface area contributed by atoms with Crippen LogP contribution in [0.1, 0.15) is 33.1 Å². The second kappa shape index (κ2) is 3.61. The summed E-state index contributed by atoms with van der Waals surface area (Å²) in [6.45, 7) is 4.47. The lowest BCUT2D eigenvalue weighted by Crippen LogP contribution is -2.10. The predicted molar refractivity (Wildman–Crippen MR) is 49.0 cm³/mol. The third-order valence-electron chi connectivity index (χ3n) is 2.23. The third kappa shape index (κ3) is 2.11. The smallest absolute Gasteiger partial charge is 0.00863 e. The average molecular weight is 151 g/mol. The molecule has 1 aliphatic carbocycles. The maximum atomic E-state index is 5.70. The lowest BCUT2D eigenvalue weighted by atomic mass is 9.89. The van der Waals surface area contributed by atoms with Crippen molar-refractivity contribution in [2.75, 3.05) is 0 Å². The second-order valence-electron chi connectivity index (χ2n) is 3.34. The van der Waals surface area contributed by atoms with E-state index in [2.05, 4.69) is 19.9 Å². The van der Waals surface area contributed by atoms with Crippen LogP contribution < -0.4 is 5.73 Å². The summed E-state index contributed by atoms with van der Waals surface area (Å²) in [5, 5.41) is 0. The Labute approximate surface area is 69.0 Å². The second-order valence-corrected chi connectivity index (χ2v) is 3.34. The van der Waals surface area contributed by atoms with E-state index >= 15 is 0 Å². The first-order valence-corrected chi connectivity index (χ1v) is 4.39. The zero-order valence-electron chi connectivity index (χ0n) is 7.43. The SMILES string of the molecule is CCCC1=CC=C(N)CC1C. The van der Waals surface area contributed by atoms with Crippen molar-refractivity contribution in [3.63, 3.8) is 0 Å². The molecule has 0 aromatic rings. The van der Waals surface area contributed by atoms with Crippen molar-refractivity contribution in [2.45, 2.75) is 33.1 Å². The predicted octanol–water partition coefficient (Wildman–Crippen LogP) is 2.60. The monoisotopic (exact) mass is 151 g/mol. The van der Waals surface area contributed by atoms with Crippen LogP contribution in [0, 0.1) is 5.92 Å². The first-order valence-electron chi connectivity index (χ1n) is 4.39. The van der Waals surface area contributed by atoms with Crippen LogP contribution in [-0.4, -0.2) is 0 Å². The van der Waals surface area contributed by atoms with Gasteiger partial charge in [0.05, 0.1) is 0 Å². The van der Waals surface area contributed by atoms with Crippen LogP contribution in [0.3, 0.4) is 0 Å². The average Bonchev–Trinajstić information content (AvgIpc) is 1.95. The van der Waals surface area contributed by atoms with Crippen molar-refractivity contribution in [2.24, 2.45) is 11.7 Å². The molecule has 1 rings (SSSR count). The van der Waals surface area contributed by atoms with Crippen molar-refractivity contribution in [3.05, 3.63) is 23.4 Å². The molecule has 0 bridgehead atoms. The first kappa shape index (κ1) is 8.38. The van der Waals surface area contributed by atoms with Crippen LogP contribution in [0.4, 0.5) is 0 Å². The van der Waals surface area contributed by atoms with E-state index in [4.69, 9.17) is 5.73 Å². The molecule has 0 fully saturated rings. The third-order valence-corrected chi connectivity index (χ3v) is 2.23. The minimum Gasteiger partial charge on any atom is -0.402 e. The van der Waals surface area contributed by atoms with E-state index in [1.54, 1.807) is 5.57 Å². The molecule has 11 heavy (non-hydrogen) atoms. The highest BCUT2D eigenvalue weighted by Gasteiger charge is 2.11. The number of hydrogen-bond acceptors (Lipinski definition) is 1. The zero-order chi connectivity index (χ0) is 8.27. The van der Waals surface area contributed by atoms with E-state index in [0.29, 0.717) is 5.92 Å². The van der Waals surface area contributed by atoms with E-state index in [-0.39, 0.29) is 0 Å². The summed E-state index contributed by atoms with van der Waals surface area (Å²) >= 11 is 0. The molecular formula is C10H17N. The summed E-state index contributed by atoms with van der Waals surface area (Å²) in [6, 6.07) is 0. The van der Waals surface area contributed by atoms with Gasteiger partial charge in [-0.05, 0) is 24.8 Å². The van der Waals surface area contributed by atoms with Crippen molar-refractivity contribution >= 4 is 0 Å². The molecule has 1 heteroatoms. The molecule has 0 heterocycles. The number of allylic oxidation sites excluding steroid dienone is 4. The number of nitrogens with two attached hydrogens (primary N) is 1. The van der Waals surface area contributed by atoms with E-state index < -0.39 is 0 Å². The molecule has 0 radical (unpaired) electrons. The maximum absolute atomic E-state index is 5.70. The van der Waals surface area contributed by atoms with Crippen molar-refractivity contribution < 1.29 is 0 Å². The Bertz CT molecular complexity index is 189. The standard InChI is InChI=1S/C10H17N/c1-3-4-9-5-6-10(11)7-8(9)2/h5-6,8H,3-4,7,11H2,1-2H3. The fourth-order valence-electron chi connectivity index (χ4n) is 1.55. The summed E-state index contributed by atoms with van der Waals surface area (Å²) < 4.78 is 0. The van der Waals surface area contributed by atoms with E-state index in [1.807, 2.05) is 6.08 Å². The maximum Gasteiger partial charge on any atom is 0.00863 e. The molecule has 0 amide bonds. The van der Waals surface area contributed by atoms with Gasteiger partial charge in [0.15, 0.2) is 0 Å². The highest BCUT2D eigenvalue weighted by atomic mass is 14.6. The minimum atomic E-state index is 0.667. The molecule has 0 saturated carbocycles. The Kier molecular flexibility index (Phi) is 2.75. The van der Waals surface area contributed by atoms with Gasteiger partial charge in [-0.15, -0.1) is 0 Å². The van der Waals surface area contributed by atoms with Gasteiger partial charge in [-0.2, -0.15) is 0 Å². The summed E-state index contributed by atoms with van der Waals surface area (Å²) in [6.07, 6.45) is 7.75. The summed E-state index contributed by atoms with van der Waals surface area (Å²) in [5.41, 5.74) is 8.28. The molecule has 1 nitrogen and oxygen atoms in total. The molecule has 0 spiro atoms. The van der Waals surface area contributed by atoms with Crippen LogP contribution in [0.5, 0.6) is 0 Å². The summed E-state index contributed by atoms with van der Waals surface area (Å²) in [4.78, 5) is 0. The Morgan fingerprint density at radius 1 is 1.55 bits per heavy atom. The molecule has 2 N–H and O–H groups in total. The highest BCUT2D eigenvalue weighted by molar-refractivity contribution is 5.24. The Hall–Kier alpha value is -0.720. The van der Waals surface area contributed by atoms with Gasteiger partial charge >= 0.3 is 0 Å². The molecule has 0 aromatic carbocycles. The van der Waals surface area contributed by atoms with Crippen LogP contribution in [0.2, 0.25) is 0 Å². The Balaban J connectivity index is 2.62. The topological polar surface area (TPSA) is 26.0 Å². The molecular weight excluding hydrogens is 134 g/mol. The summed E-state index contributed by atoms with van der Waals surface area (Å²) in [5.74, 6) is 0.667. The van der Waals surface area contributed by atoms with E-state index in [1.165, 1.54) is 12.8 Å². The van der Waals surface area contributed by atoms with Crippen LogP contribution in [0.25, 0.3) is 0 Å². The fraction of sp³-hybridized carbons (Fsp3) is 0.600. The molecule has 1 atom stereocenters. The number of rotatable bonds is 2. The van der Waals surface area contributed by atoms with Crippen LogP contribution in [-0.2, 0) is 0 Å². The zero-order valence-corrected chi connectivity index (χ0v) is 7.43. The molecule has 0 saturated heterocycles. The first-order chi connectivity index (χ1) is 5.24. The normalized spacial score (nSPS) is 24.4. The molecule has 1 unspecified atom stereocenters. The van der Waals surface area contributed by atoms with Gasteiger partial charge in [0.1, 0.15) is 0 Å². The minimum absolute atomic E-state index is 0.667. The fourth-order valence-corrected chi connectivity index (χ4v) is 1.55. The molecule has 62 valence electrons. The van der Waals surface area contributed by atoms with E-state index in [0.717, 1.165) is 12.1 Å². The Morgan fingerprint density at radius 2 is 2.27 bits per heavy atom. The molecule has 1 aliphatic rings. The van der Waals surface area contributed by atoms with Gasteiger partial charge in [-0.3, -0.25) is 0 Å². The van der Waals surface area contributed by atoms with Gasteiger partial charge in [0, 0.05) is 5.70 Å². The highest BCUT2D eigenvalue weighted by Crippen LogP contribution is 2.25. The van der Waals surface area contributed by atoms with Crippen molar-refractivity contribution in [3.8, 4) is 0 Å². The quantitative estimate of drug-likeness (QED) is 0.645. The van der Waals surface area contributed by atoms with Gasteiger partial charge < -0.3 is 5.73 Å². The van der Waals surface area contributed by atoms with Gasteiger partial charge in [0.25, 0.3) is 0 Å². The van der Waals surface area contributed by atoms with Gasteiger partial charge in [-0.1, -0.05) is 31.9 Å². The van der Waals surface area contributed by atoms with Gasteiger partial charge in [-0.25, -0.2) is 0 Å². The van der Waals surface area contributed by atoms with Crippen molar-refractivity contribution in [1.82, 2.24) is 0 Å². The summed E-state index contributed by atoms with van der Waals surface area (Å²) in [7, 11) is 0. The van der Waals surface area contributed by atoms with Crippen molar-refractivity contribution in [1.29, 1.82) is 0 Å². The lowest BCUT2D eigenvalue weighted by Gasteiger charge is -2.19. The van der Waals surface area contributed by atoms with E-state index in [9.17, 15) is 0 Å². The molecule has 0 aliphatic heterocycles. The Morgan fingerprint density at radius 3 is 2.82 bits per heavy atom. The van der Waals surface area contributed by atoms with Crippen LogP contribution >= 0.6 is 0 Å². The lowest BCUT2D eigenvalue weighted by molar-refractivity contribution is 0.619. The number of hydrogen-bond donors (Lipinski definition) is 1. The molecule has 0 aromatic heterocycles. The largest absolute Gasteiger partial charge is 0.402 e. The van der Waals surface area contributed by atoms with Crippen LogP contribution in [0.15, 0.2) is 23.4 Å².